The van der Waals surface area contributed by atoms with Crippen LogP contribution in [0.2, 0.25) is 0 Å². The maximum absolute atomic E-state index is 13.0. The lowest BCUT2D eigenvalue weighted by molar-refractivity contribution is -0.121. The molecule has 0 saturated carbocycles. The molecular formula is C23H37N6O9P. The van der Waals surface area contributed by atoms with E-state index in [0.29, 0.717) is 4.90 Å². The van der Waals surface area contributed by atoms with Gasteiger partial charge in [-0.3, -0.25) is 9.36 Å². The zero-order chi connectivity index (χ0) is 29.6. The van der Waals surface area contributed by atoms with Gasteiger partial charge in [0.05, 0.1) is 26.1 Å². The average Bonchev–Trinajstić information content (AvgIpc) is 3.19. The Morgan fingerprint density at radius 3 is 2.03 bits per heavy atom. The number of aliphatic hydroxyl groups is 1. The largest absolute Gasteiger partial charge is 0.443 e. The summed E-state index contributed by atoms with van der Waals surface area (Å²) >= 11 is 0. The maximum Gasteiger partial charge on any atom is 0.425 e. The molecule has 218 valence electrons. The van der Waals surface area contributed by atoms with Gasteiger partial charge in [-0.25, -0.2) is 24.5 Å². The van der Waals surface area contributed by atoms with Crippen LogP contribution in [-0.2, 0) is 34.4 Å². The Hall–Kier alpha value is -3.13. The van der Waals surface area contributed by atoms with Gasteiger partial charge >= 0.3 is 19.8 Å². The second-order valence-electron chi connectivity index (χ2n) is 10.2. The van der Waals surface area contributed by atoms with Gasteiger partial charge in [0, 0.05) is 0 Å². The molecule has 0 aliphatic carbocycles. The minimum Gasteiger partial charge on any atom is -0.443 e. The Bertz CT molecular complexity index is 1180. The molecule has 0 bridgehead atoms. The third kappa shape index (κ3) is 8.95. The van der Waals surface area contributed by atoms with Gasteiger partial charge in [-0.1, -0.05) is 0 Å². The highest BCUT2D eigenvalue weighted by atomic mass is 31.2. The topological polar surface area (TPSA) is 184 Å². The summed E-state index contributed by atoms with van der Waals surface area (Å²) in [4.78, 5) is 51.7. The normalized spacial score (nSPS) is 13.2. The van der Waals surface area contributed by atoms with Crippen molar-refractivity contribution in [2.75, 3.05) is 24.7 Å². The molecule has 16 heteroatoms. The lowest BCUT2D eigenvalue weighted by Gasteiger charge is -2.28. The molecule has 0 radical (unpaired) electrons. The molecule has 15 nitrogen and oxygen atoms in total. The van der Waals surface area contributed by atoms with E-state index >= 15 is 0 Å². The van der Waals surface area contributed by atoms with Crippen molar-refractivity contribution in [1.82, 2.24) is 24.8 Å². The molecule has 2 aromatic rings. The van der Waals surface area contributed by atoms with E-state index in [1.165, 1.54) is 10.9 Å². The van der Waals surface area contributed by atoms with Crippen LogP contribution in [0.3, 0.4) is 0 Å². The number of hydrogen-bond donors (Lipinski definition) is 2. The molecule has 1 unspecified atom stereocenters. The smallest absolute Gasteiger partial charge is 0.425 e. The molecule has 0 saturated heterocycles. The van der Waals surface area contributed by atoms with E-state index in [4.69, 9.17) is 18.5 Å². The van der Waals surface area contributed by atoms with Crippen LogP contribution in [0.1, 0.15) is 55.4 Å². The fourth-order valence-electron chi connectivity index (χ4n) is 3.11. The van der Waals surface area contributed by atoms with Crippen LogP contribution in [0.25, 0.3) is 11.2 Å². The number of amides is 3. The summed E-state index contributed by atoms with van der Waals surface area (Å²) in [5.74, 6) is -2.36. The number of nitrogens with zero attached hydrogens (tertiary/aromatic N) is 5. The van der Waals surface area contributed by atoms with E-state index in [9.17, 15) is 24.1 Å². The number of aliphatic hydroxyl groups excluding tert-OH is 1. The minimum atomic E-state index is -3.84. The van der Waals surface area contributed by atoms with Crippen molar-refractivity contribution in [3.63, 3.8) is 0 Å². The second kappa shape index (κ2) is 12.8. The molecule has 2 aromatic heterocycles. The second-order valence-corrected chi connectivity index (χ2v) is 12.4. The fourth-order valence-corrected chi connectivity index (χ4v) is 4.56. The van der Waals surface area contributed by atoms with Gasteiger partial charge in [0.1, 0.15) is 24.1 Å². The van der Waals surface area contributed by atoms with Crippen molar-refractivity contribution in [2.24, 2.45) is 0 Å². The average molecular weight is 573 g/mol. The number of fused-ring (bicyclic) bond motifs is 1. The quantitative estimate of drug-likeness (QED) is 0.397. The molecular weight excluding hydrogens is 535 g/mol. The number of carbonyl (C=O) groups excluding carboxylic acids is 3. The van der Waals surface area contributed by atoms with Crippen LogP contribution < -0.4 is 10.2 Å². The molecule has 39 heavy (non-hydrogen) atoms. The lowest BCUT2D eigenvalue weighted by Crippen LogP contribution is -2.44. The summed E-state index contributed by atoms with van der Waals surface area (Å²) in [6.45, 7) is 12.4. The number of carbonyl (C=O) groups is 3. The summed E-state index contributed by atoms with van der Waals surface area (Å²) in [6, 6.07) is 0. The number of rotatable bonds is 10. The Kier molecular flexibility index (Phi) is 10.5. The Morgan fingerprint density at radius 2 is 1.54 bits per heavy atom. The van der Waals surface area contributed by atoms with Gasteiger partial charge in [-0.05, 0) is 55.4 Å². The van der Waals surface area contributed by atoms with Gasteiger partial charge in [0.25, 0.3) is 0 Å². The third-order valence-corrected chi connectivity index (χ3v) is 6.67. The van der Waals surface area contributed by atoms with Gasteiger partial charge < -0.3 is 33.5 Å². The fraction of sp³-hybridized carbons (Fsp3) is 0.652. The lowest BCUT2D eigenvalue weighted by atomic mass is 10.2. The van der Waals surface area contributed by atoms with Crippen LogP contribution in [0.15, 0.2) is 12.7 Å². The van der Waals surface area contributed by atoms with E-state index in [-0.39, 0.29) is 36.7 Å². The van der Waals surface area contributed by atoms with Crippen molar-refractivity contribution < 1.29 is 42.6 Å². The first-order valence-corrected chi connectivity index (χ1v) is 13.9. The number of nitrogens with one attached hydrogen (secondary N) is 1. The molecule has 2 N–H and O–H groups in total. The van der Waals surface area contributed by atoms with Crippen molar-refractivity contribution in [1.29, 1.82) is 0 Å². The van der Waals surface area contributed by atoms with Crippen LogP contribution in [0, 0.1) is 0 Å². The maximum atomic E-state index is 13.0. The van der Waals surface area contributed by atoms with Gasteiger partial charge in [-0.15, -0.1) is 0 Å². The van der Waals surface area contributed by atoms with Gasteiger partial charge in [-0.2, -0.15) is 4.90 Å². The molecule has 0 fully saturated rings. The van der Waals surface area contributed by atoms with Crippen molar-refractivity contribution in [3.8, 4) is 0 Å². The molecule has 0 aliphatic rings. The predicted molar refractivity (Wildman–Crippen MR) is 140 cm³/mol. The SMILES string of the molecule is CCOP(=O)(OCC)C(O)CNC(=O)Cn1cnc2c(N(C(=O)OC(C)(C)C)C(=O)OC(C)(C)C)ncnc21. The van der Waals surface area contributed by atoms with E-state index in [2.05, 4.69) is 20.3 Å². The summed E-state index contributed by atoms with van der Waals surface area (Å²) in [5.41, 5.74) is -1.71. The third-order valence-electron chi connectivity index (χ3n) is 4.52. The standard InChI is InChI=1S/C23H37N6O9P/c1-9-35-39(34,36-10-2)16(31)11-24-15(30)12-28-14-27-17-18(28)25-13-26-19(17)29(20(32)37-22(3,4)5)21(33)38-23(6,7)8/h13-14,16,31H,9-12H2,1-8H3,(H,24,30). The first kappa shape index (κ1) is 32.1. The highest BCUT2D eigenvalue weighted by molar-refractivity contribution is 7.54. The van der Waals surface area contributed by atoms with Crippen LogP contribution >= 0.6 is 7.60 Å². The van der Waals surface area contributed by atoms with Crippen molar-refractivity contribution >= 4 is 42.7 Å². The molecule has 0 aliphatic heterocycles. The highest BCUT2D eigenvalue weighted by Crippen LogP contribution is 2.51. The number of aromatic nitrogens is 4. The molecule has 1 atom stereocenters. The first-order valence-electron chi connectivity index (χ1n) is 12.3. The minimum absolute atomic E-state index is 0.0271. The Morgan fingerprint density at radius 1 is 1.00 bits per heavy atom. The highest BCUT2D eigenvalue weighted by Gasteiger charge is 2.36. The first-order chi connectivity index (χ1) is 18.0. The van der Waals surface area contributed by atoms with Gasteiger partial charge in [0.2, 0.25) is 5.91 Å². The molecule has 0 aromatic carbocycles. The molecule has 3 amide bonds. The number of hydrogen-bond acceptors (Lipinski definition) is 12. The van der Waals surface area contributed by atoms with Crippen LogP contribution in [0.4, 0.5) is 15.4 Å². The monoisotopic (exact) mass is 572 g/mol. The van der Waals surface area contributed by atoms with Crippen molar-refractivity contribution in [2.45, 2.75) is 79.0 Å². The number of ether oxygens (including phenoxy) is 2. The molecule has 0 spiro atoms. The summed E-state index contributed by atoms with van der Waals surface area (Å²) < 4.78 is 34.9. The van der Waals surface area contributed by atoms with E-state index in [1.54, 1.807) is 55.4 Å². The predicted octanol–water partition coefficient (Wildman–Crippen LogP) is 3.20. The zero-order valence-electron chi connectivity index (χ0n) is 23.5. The zero-order valence-corrected chi connectivity index (χ0v) is 24.4. The summed E-state index contributed by atoms with van der Waals surface area (Å²) in [5, 5.41) is 12.7. The van der Waals surface area contributed by atoms with Crippen LogP contribution in [0.5, 0.6) is 0 Å². The van der Waals surface area contributed by atoms with E-state index < -0.39 is 49.3 Å². The number of anilines is 1. The van der Waals surface area contributed by atoms with Gasteiger partial charge in [0.15, 0.2) is 22.8 Å². The summed E-state index contributed by atoms with van der Waals surface area (Å²) in [6.07, 6.45) is 0.295. The van der Waals surface area contributed by atoms with E-state index in [0.717, 1.165) is 6.33 Å². The Labute approximate surface area is 226 Å². The number of imidazole rings is 1. The van der Waals surface area contributed by atoms with Crippen LogP contribution in [-0.4, -0.2) is 79.5 Å². The number of imide groups is 1. The summed E-state index contributed by atoms with van der Waals surface area (Å²) in [7, 11) is -3.84. The van der Waals surface area contributed by atoms with E-state index in [1.807, 2.05) is 0 Å². The Balaban J connectivity index is 2.31. The molecule has 2 heterocycles. The van der Waals surface area contributed by atoms with Crippen molar-refractivity contribution in [3.05, 3.63) is 12.7 Å². The molecule has 2 rings (SSSR count).